The number of aryl methyl sites for hydroxylation is 1. The highest BCUT2D eigenvalue weighted by atomic mass is 32.2. The summed E-state index contributed by atoms with van der Waals surface area (Å²) < 4.78 is 26.7. The lowest BCUT2D eigenvalue weighted by molar-refractivity contribution is 0.422. The molecule has 1 aromatic heterocycles. The van der Waals surface area contributed by atoms with E-state index in [1.807, 2.05) is 38.1 Å². The zero-order valence-electron chi connectivity index (χ0n) is 12.2. The third-order valence-electron chi connectivity index (χ3n) is 3.36. The van der Waals surface area contributed by atoms with Crippen molar-refractivity contribution in [1.82, 2.24) is 9.29 Å². The molecule has 1 aromatic carbocycles. The maximum atomic E-state index is 12.6. The van der Waals surface area contributed by atoms with Crippen LogP contribution in [0.3, 0.4) is 0 Å². The van der Waals surface area contributed by atoms with Gasteiger partial charge in [-0.15, -0.1) is 0 Å². The molecule has 112 valence electrons. The minimum absolute atomic E-state index is 0.159. The van der Waals surface area contributed by atoms with E-state index in [2.05, 4.69) is 4.98 Å². The number of hydrogen-bond acceptors (Lipinski definition) is 4. The van der Waals surface area contributed by atoms with Crippen LogP contribution in [0.2, 0.25) is 0 Å². The molecule has 0 unspecified atom stereocenters. The highest BCUT2D eigenvalue weighted by Crippen LogP contribution is 2.19. The monoisotopic (exact) mass is 305 g/mol. The molecule has 0 bridgehead atoms. The van der Waals surface area contributed by atoms with Crippen LogP contribution in [0.5, 0.6) is 0 Å². The zero-order chi connectivity index (χ0) is 15.5. The molecule has 0 amide bonds. The summed E-state index contributed by atoms with van der Waals surface area (Å²) in [6.45, 7) is 4.53. The van der Waals surface area contributed by atoms with Crippen molar-refractivity contribution in [3.8, 4) is 0 Å². The number of nitrogens with two attached hydrogens (primary N) is 1. The number of rotatable bonds is 5. The molecule has 21 heavy (non-hydrogen) atoms. The normalized spacial score (nSPS) is 11.8. The van der Waals surface area contributed by atoms with E-state index in [1.54, 1.807) is 0 Å². The molecule has 2 aromatic rings. The van der Waals surface area contributed by atoms with Crippen LogP contribution in [0.4, 0.5) is 5.82 Å². The lowest BCUT2D eigenvalue weighted by Gasteiger charge is -2.21. The van der Waals surface area contributed by atoms with E-state index >= 15 is 0 Å². The van der Waals surface area contributed by atoms with Crippen molar-refractivity contribution < 1.29 is 8.42 Å². The van der Waals surface area contributed by atoms with Gasteiger partial charge >= 0.3 is 0 Å². The predicted molar refractivity (Wildman–Crippen MR) is 83.1 cm³/mol. The highest BCUT2D eigenvalue weighted by molar-refractivity contribution is 7.89. The van der Waals surface area contributed by atoms with Crippen LogP contribution in [0.25, 0.3) is 0 Å². The second-order valence-corrected chi connectivity index (χ2v) is 6.71. The Morgan fingerprint density at radius 3 is 2.48 bits per heavy atom. The van der Waals surface area contributed by atoms with Crippen molar-refractivity contribution in [2.45, 2.75) is 25.3 Å². The van der Waals surface area contributed by atoms with Crippen LogP contribution >= 0.6 is 0 Å². The Labute approximate surface area is 125 Å². The number of anilines is 1. The van der Waals surface area contributed by atoms with Gasteiger partial charge in [-0.3, -0.25) is 0 Å². The average molecular weight is 305 g/mol. The maximum Gasteiger partial charge on any atom is 0.244 e. The summed E-state index contributed by atoms with van der Waals surface area (Å²) in [4.78, 5) is 4.02. The average Bonchev–Trinajstić information content (AvgIpc) is 2.46. The predicted octanol–water partition coefficient (Wildman–Crippen LogP) is 2.18. The van der Waals surface area contributed by atoms with Crippen molar-refractivity contribution >= 4 is 15.8 Å². The van der Waals surface area contributed by atoms with Gasteiger partial charge in [0.15, 0.2) is 0 Å². The molecule has 1 heterocycles. The number of pyridine rings is 1. The zero-order valence-corrected chi connectivity index (χ0v) is 13.0. The number of hydrogen-bond donors (Lipinski definition) is 1. The lowest BCUT2D eigenvalue weighted by atomic mass is 10.1. The molecular weight excluding hydrogens is 286 g/mol. The minimum Gasteiger partial charge on any atom is -0.384 e. The molecule has 0 aliphatic rings. The topological polar surface area (TPSA) is 76.3 Å². The number of sulfonamides is 1. The van der Waals surface area contributed by atoms with Crippen molar-refractivity contribution in [2.75, 3.05) is 12.3 Å². The fraction of sp³-hybridized carbons (Fsp3) is 0.267. The third kappa shape index (κ3) is 3.40. The van der Waals surface area contributed by atoms with Crippen molar-refractivity contribution in [3.05, 3.63) is 53.7 Å². The summed E-state index contributed by atoms with van der Waals surface area (Å²) in [5, 5.41) is 0. The van der Waals surface area contributed by atoms with E-state index in [0.717, 1.165) is 11.1 Å². The Bertz CT molecular complexity index is 712. The smallest absolute Gasteiger partial charge is 0.244 e. The van der Waals surface area contributed by atoms with Gasteiger partial charge in [0.25, 0.3) is 0 Å². The number of nitrogen functional groups attached to an aromatic ring is 1. The molecule has 0 fully saturated rings. The van der Waals surface area contributed by atoms with E-state index in [1.165, 1.54) is 22.6 Å². The fourth-order valence-electron chi connectivity index (χ4n) is 2.04. The van der Waals surface area contributed by atoms with Crippen molar-refractivity contribution in [1.29, 1.82) is 0 Å². The SMILES string of the molecule is CCN(Cc1ccccc1C)S(=O)(=O)c1ccc(N)nc1. The summed E-state index contributed by atoms with van der Waals surface area (Å²) in [6, 6.07) is 10.7. The summed E-state index contributed by atoms with van der Waals surface area (Å²) in [5.74, 6) is 0.302. The van der Waals surface area contributed by atoms with Gasteiger partial charge in [0.05, 0.1) is 0 Å². The first-order chi connectivity index (χ1) is 9.95. The lowest BCUT2D eigenvalue weighted by Crippen LogP contribution is -2.30. The Morgan fingerprint density at radius 2 is 1.90 bits per heavy atom. The van der Waals surface area contributed by atoms with Gasteiger partial charge in [-0.25, -0.2) is 13.4 Å². The molecule has 2 N–H and O–H groups in total. The molecule has 0 aliphatic heterocycles. The van der Waals surface area contributed by atoms with E-state index in [9.17, 15) is 8.42 Å². The molecular formula is C15H19N3O2S. The second kappa shape index (κ2) is 6.24. The van der Waals surface area contributed by atoms with Gasteiger partial charge in [0.2, 0.25) is 10.0 Å². The van der Waals surface area contributed by atoms with Gasteiger partial charge in [-0.1, -0.05) is 31.2 Å². The quantitative estimate of drug-likeness (QED) is 0.918. The Morgan fingerprint density at radius 1 is 1.19 bits per heavy atom. The molecule has 0 radical (unpaired) electrons. The first-order valence-electron chi connectivity index (χ1n) is 6.71. The minimum atomic E-state index is -3.57. The van der Waals surface area contributed by atoms with Crippen LogP contribution in [-0.4, -0.2) is 24.3 Å². The molecule has 0 atom stereocenters. The Hall–Kier alpha value is -1.92. The van der Waals surface area contributed by atoms with Crippen LogP contribution in [0.1, 0.15) is 18.1 Å². The standard InChI is InChI=1S/C15H19N3O2S/c1-3-18(11-13-7-5-4-6-12(13)2)21(19,20)14-8-9-15(16)17-10-14/h4-10H,3,11H2,1-2H3,(H2,16,17). The molecule has 0 aliphatic carbocycles. The van der Waals surface area contributed by atoms with Crippen molar-refractivity contribution in [3.63, 3.8) is 0 Å². The van der Waals surface area contributed by atoms with E-state index in [4.69, 9.17) is 5.73 Å². The first-order valence-corrected chi connectivity index (χ1v) is 8.15. The first kappa shape index (κ1) is 15.5. The fourth-order valence-corrected chi connectivity index (χ4v) is 3.41. The maximum absolute atomic E-state index is 12.6. The van der Waals surface area contributed by atoms with Crippen LogP contribution in [0.15, 0.2) is 47.5 Å². The summed E-state index contributed by atoms with van der Waals surface area (Å²) in [5.41, 5.74) is 7.57. The number of benzene rings is 1. The molecule has 0 saturated heterocycles. The summed E-state index contributed by atoms with van der Waals surface area (Å²) in [7, 11) is -3.57. The highest BCUT2D eigenvalue weighted by Gasteiger charge is 2.23. The van der Waals surface area contributed by atoms with Crippen LogP contribution < -0.4 is 5.73 Å². The Kier molecular flexibility index (Phi) is 4.59. The van der Waals surface area contributed by atoms with Crippen LogP contribution in [0, 0.1) is 6.92 Å². The molecule has 6 heteroatoms. The number of nitrogens with zero attached hydrogens (tertiary/aromatic N) is 2. The van der Waals surface area contributed by atoms with E-state index in [-0.39, 0.29) is 4.90 Å². The van der Waals surface area contributed by atoms with Gasteiger partial charge in [-0.05, 0) is 30.2 Å². The van der Waals surface area contributed by atoms with Gasteiger partial charge < -0.3 is 5.73 Å². The largest absolute Gasteiger partial charge is 0.384 e. The van der Waals surface area contributed by atoms with E-state index in [0.29, 0.717) is 18.9 Å². The van der Waals surface area contributed by atoms with Gasteiger partial charge in [-0.2, -0.15) is 4.31 Å². The molecule has 0 spiro atoms. The molecule has 0 saturated carbocycles. The molecule has 5 nitrogen and oxygen atoms in total. The van der Waals surface area contributed by atoms with Gasteiger partial charge in [0.1, 0.15) is 10.7 Å². The third-order valence-corrected chi connectivity index (χ3v) is 5.26. The summed E-state index contributed by atoms with van der Waals surface area (Å²) >= 11 is 0. The summed E-state index contributed by atoms with van der Waals surface area (Å²) in [6.07, 6.45) is 1.30. The molecule has 2 rings (SSSR count). The van der Waals surface area contributed by atoms with E-state index < -0.39 is 10.0 Å². The Balaban J connectivity index is 2.32. The van der Waals surface area contributed by atoms with Gasteiger partial charge in [0, 0.05) is 19.3 Å². The van der Waals surface area contributed by atoms with Crippen LogP contribution in [-0.2, 0) is 16.6 Å². The van der Waals surface area contributed by atoms with Crippen molar-refractivity contribution in [2.24, 2.45) is 0 Å². The number of aromatic nitrogens is 1. The second-order valence-electron chi connectivity index (χ2n) is 4.78.